The fourth-order valence-corrected chi connectivity index (χ4v) is 2.17. The van der Waals surface area contributed by atoms with Crippen molar-refractivity contribution in [2.75, 3.05) is 11.9 Å². The smallest absolute Gasteiger partial charge is 0.306 e. The van der Waals surface area contributed by atoms with Crippen molar-refractivity contribution in [2.24, 2.45) is 0 Å². The van der Waals surface area contributed by atoms with Gasteiger partial charge in [-0.05, 0) is 42.3 Å². The molecule has 0 aliphatic rings. The van der Waals surface area contributed by atoms with Crippen LogP contribution in [-0.2, 0) is 9.59 Å². The first-order valence-electron chi connectivity index (χ1n) is 7.93. The minimum atomic E-state index is -0.944. The van der Waals surface area contributed by atoms with Gasteiger partial charge in [0.05, 0.1) is 13.0 Å². The zero-order valence-electron chi connectivity index (χ0n) is 14.2. The van der Waals surface area contributed by atoms with Crippen LogP contribution in [-0.4, -0.2) is 23.6 Å². The van der Waals surface area contributed by atoms with E-state index in [0.29, 0.717) is 17.0 Å². The maximum atomic E-state index is 12.3. The van der Waals surface area contributed by atoms with Crippen LogP contribution >= 0.6 is 0 Å². The SMILES string of the molecule is Cc1ccccc1NC(=O)/C(C#N)=C\c1cccc(OCCC(=O)O)c1. The highest BCUT2D eigenvalue weighted by molar-refractivity contribution is 6.09. The summed E-state index contributed by atoms with van der Waals surface area (Å²) in [7, 11) is 0. The Bertz CT molecular complexity index is 881. The third kappa shape index (κ3) is 5.49. The summed E-state index contributed by atoms with van der Waals surface area (Å²) in [5, 5.41) is 20.6. The average Bonchev–Trinajstić information content (AvgIpc) is 2.61. The van der Waals surface area contributed by atoms with Gasteiger partial charge in [0, 0.05) is 5.69 Å². The Morgan fingerprint density at radius 2 is 2.00 bits per heavy atom. The predicted octanol–water partition coefficient (Wildman–Crippen LogP) is 3.39. The lowest BCUT2D eigenvalue weighted by molar-refractivity contribution is -0.137. The maximum absolute atomic E-state index is 12.3. The highest BCUT2D eigenvalue weighted by Crippen LogP contribution is 2.18. The van der Waals surface area contributed by atoms with Crippen molar-refractivity contribution in [1.29, 1.82) is 5.26 Å². The normalized spacial score (nSPS) is 10.7. The number of carboxylic acid groups (broad SMARTS) is 1. The van der Waals surface area contributed by atoms with Gasteiger partial charge in [0.1, 0.15) is 17.4 Å². The molecular weight excluding hydrogens is 332 g/mol. The third-order valence-electron chi connectivity index (χ3n) is 3.51. The lowest BCUT2D eigenvalue weighted by atomic mass is 10.1. The molecule has 0 aromatic heterocycles. The first-order chi connectivity index (χ1) is 12.5. The maximum Gasteiger partial charge on any atom is 0.306 e. The second-order valence-electron chi connectivity index (χ2n) is 5.50. The number of carboxylic acids is 1. The Morgan fingerprint density at radius 3 is 2.69 bits per heavy atom. The zero-order valence-corrected chi connectivity index (χ0v) is 14.2. The predicted molar refractivity (Wildman–Crippen MR) is 97.6 cm³/mol. The van der Waals surface area contributed by atoms with Gasteiger partial charge in [-0.1, -0.05) is 30.3 Å². The molecule has 0 bridgehead atoms. The summed E-state index contributed by atoms with van der Waals surface area (Å²) >= 11 is 0. The summed E-state index contributed by atoms with van der Waals surface area (Å²) in [5.74, 6) is -0.976. The van der Waals surface area contributed by atoms with E-state index in [2.05, 4.69) is 5.32 Å². The fourth-order valence-electron chi connectivity index (χ4n) is 2.17. The van der Waals surface area contributed by atoms with Gasteiger partial charge in [-0.2, -0.15) is 5.26 Å². The number of aryl methyl sites for hydroxylation is 1. The number of hydrogen-bond acceptors (Lipinski definition) is 4. The number of nitrogens with zero attached hydrogens (tertiary/aromatic N) is 1. The van der Waals surface area contributed by atoms with E-state index in [4.69, 9.17) is 9.84 Å². The summed E-state index contributed by atoms with van der Waals surface area (Å²) < 4.78 is 5.35. The lowest BCUT2D eigenvalue weighted by Crippen LogP contribution is -2.14. The molecule has 0 unspecified atom stereocenters. The van der Waals surface area contributed by atoms with Crippen molar-refractivity contribution < 1.29 is 19.4 Å². The number of hydrogen-bond donors (Lipinski definition) is 2. The highest BCUT2D eigenvalue weighted by Gasteiger charge is 2.11. The van der Waals surface area contributed by atoms with E-state index in [1.807, 2.05) is 25.1 Å². The molecule has 2 aromatic rings. The Hall–Kier alpha value is -3.59. The van der Waals surface area contributed by atoms with Crippen LogP contribution in [0.15, 0.2) is 54.1 Å². The van der Waals surface area contributed by atoms with Crippen LogP contribution in [0.1, 0.15) is 17.5 Å². The molecule has 132 valence electrons. The van der Waals surface area contributed by atoms with Crippen LogP contribution in [0.3, 0.4) is 0 Å². The van der Waals surface area contributed by atoms with Gasteiger partial charge in [0.15, 0.2) is 0 Å². The van der Waals surface area contributed by atoms with Crippen molar-refractivity contribution in [2.45, 2.75) is 13.3 Å². The zero-order chi connectivity index (χ0) is 18.9. The number of carbonyl (C=O) groups excluding carboxylic acids is 1. The lowest BCUT2D eigenvalue weighted by Gasteiger charge is -2.08. The Labute approximate surface area is 151 Å². The molecule has 0 aliphatic heterocycles. The molecule has 2 N–H and O–H groups in total. The minimum Gasteiger partial charge on any atom is -0.493 e. The van der Waals surface area contributed by atoms with Gasteiger partial charge in [-0.15, -0.1) is 0 Å². The first-order valence-corrected chi connectivity index (χ1v) is 7.93. The summed E-state index contributed by atoms with van der Waals surface area (Å²) in [4.78, 5) is 22.9. The number of aliphatic carboxylic acids is 1. The summed E-state index contributed by atoms with van der Waals surface area (Å²) in [6, 6.07) is 15.9. The first kappa shape index (κ1) is 18.7. The topological polar surface area (TPSA) is 99.4 Å². The number of para-hydroxylation sites is 1. The molecule has 0 saturated carbocycles. The summed E-state index contributed by atoms with van der Waals surface area (Å²) in [6.07, 6.45) is 1.35. The van der Waals surface area contributed by atoms with E-state index in [1.165, 1.54) is 6.08 Å². The van der Waals surface area contributed by atoms with Gasteiger partial charge in [-0.3, -0.25) is 9.59 Å². The largest absolute Gasteiger partial charge is 0.493 e. The molecule has 0 aliphatic carbocycles. The second-order valence-corrected chi connectivity index (χ2v) is 5.50. The highest BCUT2D eigenvalue weighted by atomic mass is 16.5. The van der Waals surface area contributed by atoms with E-state index >= 15 is 0 Å². The Kier molecular flexibility index (Phi) is 6.52. The Balaban J connectivity index is 2.12. The van der Waals surface area contributed by atoms with Crippen molar-refractivity contribution in [3.05, 3.63) is 65.2 Å². The monoisotopic (exact) mass is 350 g/mol. The van der Waals surface area contributed by atoms with Crippen molar-refractivity contribution in [3.8, 4) is 11.8 Å². The number of benzene rings is 2. The van der Waals surface area contributed by atoms with E-state index in [9.17, 15) is 14.9 Å². The van der Waals surface area contributed by atoms with Gasteiger partial charge in [0.2, 0.25) is 0 Å². The number of nitrogens with one attached hydrogen (secondary N) is 1. The van der Waals surface area contributed by atoms with Crippen LogP contribution < -0.4 is 10.1 Å². The number of rotatable bonds is 7. The molecular formula is C20H18N2O4. The van der Waals surface area contributed by atoms with Crippen LogP contribution in [0.25, 0.3) is 6.08 Å². The molecule has 0 heterocycles. The number of carbonyl (C=O) groups is 2. The summed E-state index contributed by atoms with van der Waals surface area (Å²) in [5.41, 5.74) is 2.10. The molecule has 6 nitrogen and oxygen atoms in total. The standard InChI is InChI=1S/C20H18N2O4/c1-14-5-2-3-8-18(14)22-20(25)16(13-21)11-15-6-4-7-17(12-15)26-10-9-19(23)24/h2-8,11-12H,9-10H2,1H3,(H,22,25)(H,23,24)/b16-11-. The van der Waals surface area contributed by atoms with E-state index in [1.54, 1.807) is 36.4 Å². The van der Waals surface area contributed by atoms with Crippen LogP contribution in [0.4, 0.5) is 5.69 Å². The molecule has 0 fully saturated rings. The minimum absolute atomic E-state index is 0.0430. The molecule has 26 heavy (non-hydrogen) atoms. The van der Waals surface area contributed by atoms with Crippen molar-refractivity contribution in [3.63, 3.8) is 0 Å². The molecule has 0 spiro atoms. The van der Waals surface area contributed by atoms with Crippen molar-refractivity contribution >= 4 is 23.6 Å². The van der Waals surface area contributed by atoms with Crippen LogP contribution in [0.5, 0.6) is 5.75 Å². The number of amides is 1. The van der Waals surface area contributed by atoms with Crippen LogP contribution in [0.2, 0.25) is 0 Å². The van der Waals surface area contributed by atoms with Gasteiger partial charge in [-0.25, -0.2) is 0 Å². The van der Waals surface area contributed by atoms with Gasteiger partial charge < -0.3 is 15.2 Å². The van der Waals surface area contributed by atoms with E-state index in [0.717, 1.165) is 5.56 Å². The number of ether oxygens (including phenoxy) is 1. The fraction of sp³-hybridized carbons (Fsp3) is 0.150. The molecule has 6 heteroatoms. The number of anilines is 1. The van der Waals surface area contributed by atoms with Crippen molar-refractivity contribution in [1.82, 2.24) is 0 Å². The van der Waals surface area contributed by atoms with E-state index in [-0.39, 0.29) is 18.6 Å². The molecule has 0 atom stereocenters. The van der Waals surface area contributed by atoms with Crippen LogP contribution in [0, 0.1) is 18.3 Å². The molecule has 1 amide bonds. The van der Waals surface area contributed by atoms with Gasteiger partial charge in [0.25, 0.3) is 5.91 Å². The van der Waals surface area contributed by atoms with Gasteiger partial charge >= 0.3 is 5.97 Å². The average molecular weight is 350 g/mol. The molecule has 0 radical (unpaired) electrons. The van der Waals surface area contributed by atoms with E-state index < -0.39 is 11.9 Å². The summed E-state index contributed by atoms with van der Waals surface area (Å²) in [6.45, 7) is 1.91. The quantitative estimate of drug-likeness (QED) is 0.589. The molecule has 2 rings (SSSR count). The number of nitriles is 1. The third-order valence-corrected chi connectivity index (χ3v) is 3.51. The second kappa shape index (κ2) is 9.04. The Morgan fingerprint density at radius 1 is 1.23 bits per heavy atom. The molecule has 2 aromatic carbocycles. The molecule has 0 saturated heterocycles.